The first-order chi connectivity index (χ1) is 9.02. The fourth-order valence-electron chi connectivity index (χ4n) is 1.58. The number of hydrogen-bond acceptors (Lipinski definition) is 5. The van der Waals surface area contributed by atoms with Crippen LogP contribution in [0.4, 0.5) is 14.5 Å². The molecule has 1 unspecified atom stereocenters. The molecule has 102 valence electrons. The second-order valence-electron chi connectivity index (χ2n) is 3.91. The van der Waals surface area contributed by atoms with Gasteiger partial charge in [-0.25, -0.2) is 8.78 Å². The molecule has 0 aliphatic carbocycles. The summed E-state index contributed by atoms with van der Waals surface area (Å²) in [5, 5.41) is 3.72. The molecule has 1 aromatic carbocycles. The Bertz CT molecular complexity index is 586. The SMILES string of the molecule is CCOC(C)c1noc(-c2cc(F)c(F)cc2N)n1. The second-order valence-corrected chi connectivity index (χ2v) is 3.91. The third kappa shape index (κ3) is 2.70. The lowest BCUT2D eigenvalue weighted by molar-refractivity contribution is 0.0683. The molecular formula is C12H13F2N3O2. The summed E-state index contributed by atoms with van der Waals surface area (Å²) in [6.45, 7) is 4.09. The van der Waals surface area contributed by atoms with Gasteiger partial charge in [-0.1, -0.05) is 5.16 Å². The van der Waals surface area contributed by atoms with E-state index in [1.165, 1.54) is 0 Å². The zero-order valence-corrected chi connectivity index (χ0v) is 10.5. The summed E-state index contributed by atoms with van der Waals surface area (Å²) in [5.41, 5.74) is 5.78. The normalized spacial score (nSPS) is 12.6. The molecule has 0 saturated heterocycles. The van der Waals surface area contributed by atoms with Crippen LogP contribution in [-0.2, 0) is 4.74 Å². The summed E-state index contributed by atoms with van der Waals surface area (Å²) in [6, 6.07) is 1.80. The molecule has 0 saturated carbocycles. The lowest BCUT2D eigenvalue weighted by Crippen LogP contribution is -2.01. The molecule has 0 bridgehead atoms. The molecule has 2 aromatic rings. The molecule has 7 heteroatoms. The van der Waals surface area contributed by atoms with E-state index < -0.39 is 11.6 Å². The summed E-state index contributed by atoms with van der Waals surface area (Å²) >= 11 is 0. The lowest BCUT2D eigenvalue weighted by atomic mass is 10.1. The maximum Gasteiger partial charge on any atom is 0.260 e. The lowest BCUT2D eigenvalue weighted by Gasteiger charge is -2.05. The van der Waals surface area contributed by atoms with Gasteiger partial charge in [0, 0.05) is 18.4 Å². The van der Waals surface area contributed by atoms with E-state index in [0.29, 0.717) is 12.4 Å². The van der Waals surface area contributed by atoms with Crippen LogP contribution in [0.1, 0.15) is 25.8 Å². The second kappa shape index (κ2) is 5.31. The zero-order chi connectivity index (χ0) is 14.0. The van der Waals surface area contributed by atoms with Crippen molar-refractivity contribution < 1.29 is 18.0 Å². The summed E-state index contributed by atoms with van der Waals surface area (Å²) < 4.78 is 36.4. The molecule has 1 heterocycles. The fraction of sp³-hybridized carbons (Fsp3) is 0.333. The Hall–Kier alpha value is -2.02. The molecule has 0 aliphatic heterocycles. The monoisotopic (exact) mass is 269 g/mol. The highest BCUT2D eigenvalue weighted by molar-refractivity contribution is 5.70. The number of nitrogen functional groups attached to an aromatic ring is 1. The van der Waals surface area contributed by atoms with E-state index in [-0.39, 0.29) is 23.2 Å². The van der Waals surface area contributed by atoms with Crippen molar-refractivity contribution in [2.75, 3.05) is 12.3 Å². The largest absolute Gasteiger partial charge is 0.398 e. The van der Waals surface area contributed by atoms with Gasteiger partial charge < -0.3 is 15.0 Å². The molecule has 0 spiro atoms. The number of halogens is 2. The van der Waals surface area contributed by atoms with Gasteiger partial charge in [-0.15, -0.1) is 0 Å². The van der Waals surface area contributed by atoms with E-state index in [1.807, 2.05) is 6.92 Å². The predicted molar refractivity (Wildman–Crippen MR) is 64.1 cm³/mol. The number of anilines is 1. The smallest absolute Gasteiger partial charge is 0.260 e. The van der Waals surface area contributed by atoms with Crippen molar-refractivity contribution in [3.8, 4) is 11.5 Å². The third-order valence-electron chi connectivity index (χ3n) is 2.54. The van der Waals surface area contributed by atoms with Crippen LogP contribution < -0.4 is 5.73 Å². The molecule has 0 fully saturated rings. The van der Waals surface area contributed by atoms with Crippen molar-refractivity contribution in [1.29, 1.82) is 0 Å². The van der Waals surface area contributed by atoms with Gasteiger partial charge in [0.1, 0.15) is 6.10 Å². The van der Waals surface area contributed by atoms with Crippen LogP contribution in [0.3, 0.4) is 0 Å². The summed E-state index contributed by atoms with van der Waals surface area (Å²) in [4.78, 5) is 4.06. The fourth-order valence-corrected chi connectivity index (χ4v) is 1.58. The van der Waals surface area contributed by atoms with Gasteiger partial charge in [-0.05, 0) is 19.9 Å². The van der Waals surface area contributed by atoms with E-state index >= 15 is 0 Å². The average molecular weight is 269 g/mol. The molecule has 0 amide bonds. The Morgan fingerprint density at radius 1 is 1.37 bits per heavy atom. The standard InChI is InChI=1S/C12H13F2N3O2/c1-3-18-6(2)11-16-12(19-17-11)7-4-8(13)9(14)5-10(7)15/h4-6H,3,15H2,1-2H3. The van der Waals surface area contributed by atoms with Gasteiger partial charge in [0.25, 0.3) is 5.89 Å². The molecular weight excluding hydrogens is 256 g/mol. The van der Waals surface area contributed by atoms with Crippen LogP contribution in [0, 0.1) is 11.6 Å². The third-order valence-corrected chi connectivity index (χ3v) is 2.54. The minimum Gasteiger partial charge on any atom is -0.398 e. The highest BCUT2D eigenvalue weighted by Gasteiger charge is 2.18. The van der Waals surface area contributed by atoms with Crippen molar-refractivity contribution in [2.24, 2.45) is 0 Å². The van der Waals surface area contributed by atoms with Gasteiger partial charge in [0.2, 0.25) is 5.82 Å². The van der Waals surface area contributed by atoms with E-state index in [0.717, 1.165) is 12.1 Å². The van der Waals surface area contributed by atoms with Crippen LogP contribution in [0.5, 0.6) is 0 Å². The zero-order valence-electron chi connectivity index (χ0n) is 10.5. The van der Waals surface area contributed by atoms with Crippen molar-refractivity contribution in [3.63, 3.8) is 0 Å². The number of benzene rings is 1. The van der Waals surface area contributed by atoms with E-state index in [2.05, 4.69) is 10.1 Å². The van der Waals surface area contributed by atoms with Crippen molar-refractivity contribution in [2.45, 2.75) is 20.0 Å². The van der Waals surface area contributed by atoms with Crippen molar-refractivity contribution in [3.05, 3.63) is 29.6 Å². The van der Waals surface area contributed by atoms with E-state index in [9.17, 15) is 8.78 Å². The van der Waals surface area contributed by atoms with Gasteiger partial charge in [0.05, 0.1) is 5.56 Å². The summed E-state index contributed by atoms with van der Waals surface area (Å²) in [6.07, 6.45) is -0.353. The molecule has 19 heavy (non-hydrogen) atoms. The topological polar surface area (TPSA) is 74.2 Å². The molecule has 2 N–H and O–H groups in total. The molecule has 2 rings (SSSR count). The molecule has 5 nitrogen and oxygen atoms in total. The van der Waals surface area contributed by atoms with Gasteiger partial charge >= 0.3 is 0 Å². The van der Waals surface area contributed by atoms with Crippen LogP contribution >= 0.6 is 0 Å². The Labute approximate surface area is 108 Å². The maximum atomic E-state index is 13.2. The highest BCUT2D eigenvalue weighted by Crippen LogP contribution is 2.28. The molecule has 1 atom stereocenters. The Morgan fingerprint density at radius 2 is 2.05 bits per heavy atom. The number of rotatable bonds is 4. The van der Waals surface area contributed by atoms with Crippen LogP contribution in [0.2, 0.25) is 0 Å². The Morgan fingerprint density at radius 3 is 2.74 bits per heavy atom. The Kier molecular flexibility index (Phi) is 3.75. The highest BCUT2D eigenvalue weighted by atomic mass is 19.2. The molecule has 0 aliphatic rings. The van der Waals surface area contributed by atoms with Crippen LogP contribution in [0.25, 0.3) is 11.5 Å². The quantitative estimate of drug-likeness (QED) is 0.864. The van der Waals surface area contributed by atoms with Crippen molar-refractivity contribution >= 4 is 5.69 Å². The first-order valence-electron chi connectivity index (χ1n) is 5.73. The average Bonchev–Trinajstić information content (AvgIpc) is 2.83. The van der Waals surface area contributed by atoms with Gasteiger partial charge in [0.15, 0.2) is 11.6 Å². The predicted octanol–water partition coefficient (Wildman–Crippen LogP) is 2.69. The van der Waals surface area contributed by atoms with Crippen LogP contribution in [-0.4, -0.2) is 16.7 Å². The van der Waals surface area contributed by atoms with Crippen molar-refractivity contribution in [1.82, 2.24) is 10.1 Å². The van der Waals surface area contributed by atoms with E-state index in [4.69, 9.17) is 15.0 Å². The molecule has 1 aromatic heterocycles. The van der Waals surface area contributed by atoms with Crippen LogP contribution in [0.15, 0.2) is 16.7 Å². The van der Waals surface area contributed by atoms with Gasteiger partial charge in [-0.2, -0.15) is 4.98 Å². The first kappa shape index (κ1) is 13.4. The number of hydrogen-bond donors (Lipinski definition) is 1. The number of aromatic nitrogens is 2. The first-order valence-corrected chi connectivity index (χ1v) is 5.73. The number of nitrogens with two attached hydrogens (primary N) is 1. The maximum absolute atomic E-state index is 13.2. The Balaban J connectivity index is 2.35. The van der Waals surface area contributed by atoms with Gasteiger partial charge in [-0.3, -0.25) is 0 Å². The minimum atomic E-state index is -1.03. The number of ether oxygens (including phenoxy) is 1. The number of nitrogens with zero attached hydrogens (tertiary/aromatic N) is 2. The van der Waals surface area contributed by atoms with E-state index in [1.54, 1.807) is 6.92 Å². The summed E-state index contributed by atoms with van der Waals surface area (Å²) in [5.74, 6) is -1.70. The molecule has 0 radical (unpaired) electrons. The summed E-state index contributed by atoms with van der Waals surface area (Å²) in [7, 11) is 0. The minimum absolute atomic E-state index is 0.0259.